The van der Waals surface area contributed by atoms with Crippen LogP contribution in [-0.2, 0) is 17.7 Å². The number of hydrogen-bond donors (Lipinski definition) is 2. The van der Waals surface area contributed by atoms with Crippen LogP contribution >= 0.6 is 11.6 Å². The average molecular weight is 454 g/mol. The standard InChI is InChI=1S/C25H32ClN5O/c1-17-19(16-30-11-13-32-14-12-30)3-6-24(28-17)27-8-10-31-9-7-21-22-15-20(26)4-5-23(22)29-25(21)18(31)2/h3-6,15,18,29H,7-14,16H2,1-2H3,(H,27,28). The second-order valence-corrected chi connectivity index (χ2v) is 9.36. The van der Waals surface area contributed by atoms with Crippen LogP contribution in [0.5, 0.6) is 0 Å². The highest BCUT2D eigenvalue weighted by molar-refractivity contribution is 6.31. The van der Waals surface area contributed by atoms with Crippen molar-refractivity contribution in [1.29, 1.82) is 0 Å². The van der Waals surface area contributed by atoms with E-state index in [4.69, 9.17) is 21.3 Å². The molecule has 0 saturated carbocycles. The third kappa shape index (κ3) is 4.50. The van der Waals surface area contributed by atoms with E-state index in [1.807, 2.05) is 6.07 Å². The maximum atomic E-state index is 6.23. The largest absolute Gasteiger partial charge is 0.379 e. The van der Waals surface area contributed by atoms with Crippen LogP contribution in [0.3, 0.4) is 0 Å². The molecule has 2 aliphatic heterocycles. The van der Waals surface area contributed by atoms with E-state index < -0.39 is 0 Å². The molecule has 0 amide bonds. The Balaban J connectivity index is 1.18. The maximum Gasteiger partial charge on any atom is 0.126 e. The zero-order valence-corrected chi connectivity index (χ0v) is 19.7. The molecule has 2 aromatic heterocycles. The zero-order chi connectivity index (χ0) is 22.1. The number of hydrogen-bond acceptors (Lipinski definition) is 5. The molecule has 4 heterocycles. The molecule has 0 spiro atoms. The predicted molar refractivity (Wildman–Crippen MR) is 131 cm³/mol. The van der Waals surface area contributed by atoms with Gasteiger partial charge in [-0.05, 0) is 55.7 Å². The highest BCUT2D eigenvalue weighted by Crippen LogP contribution is 2.35. The predicted octanol–water partition coefficient (Wildman–Crippen LogP) is 4.39. The van der Waals surface area contributed by atoms with Gasteiger partial charge in [-0.25, -0.2) is 4.98 Å². The third-order valence-corrected chi connectivity index (χ3v) is 7.15. The molecule has 2 N–H and O–H groups in total. The molecule has 170 valence electrons. The number of rotatable bonds is 6. The SMILES string of the molecule is Cc1nc(NCCN2CCc3c([nH]c4ccc(Cl)cc34)C2C)ccc1CN1CCOCC1. The van der Waals surface area contributed by atoms with Gasteiger partial charge in [0.2, 0.25) is 0 Å². The second-order valence-electron chi connectivity index (χ2n) is 8.93. The minimum absolute atomic E-state index is 0.359. The Morgan fingerprint density at radius 1 is 1.19 bits per heavy atom. The minimum Gasteiger partial charge on any atom is -0.379 e. The van der Waals surface area contributed by atoms with Crippen LogP contribution in [0.25, 0.3) is 10.9 Å². The molecule has 32 heavy (non-hydrogen) atoms. The highest BCUT2D eigenvalue weighted by atomic mass is 35.5. The van der Waals surface area contributed by atoms with Gasteiger partial charge in [0.15, 0.2) is 0 Å². The first-order valence-electron chi connectivity index (χ1n) is 11.6. The van der Waals surface area contributed by atoms with Crippen molar-refractivity contribution >= 4 is 28.3 Å². The van der Waals surface area contributed by atoms with Crippen LogP contribution in [0.4, 0.5) is 5.82 Å². The Labute approximate surface area is 194 Å². The third-order valence-electron chi connectivity index (χ3n) is 6.91. The zero-order valence-electron chi connectivity index (χ0n) is 19.0. The number of aromatic nitrogens is 2. The van der Waals surface area contributed by atoms with Gasteiger partial charge in [0.1, 0.15) is 5.82 Å². The highest BCUT2D eigenvalue weighted by Gasteiger charge is 2.27. The topological polar surface area (TPSA) is 56.4 Å². The summed E-state index contributed by atoms with van der Waals surface area (Å²) in [6, 6.07) is 10.8. The number of pyridine rings is 1. The van der Waals surface area contributed by atoms with Gasteiger partial charge >= 0.3 is 0 Å². The second kappa shape index (κ2) is 9.40. The maximum absolute atomic E-state index is 6.23. The molecule has 7 heteroatoms. The summed E-state index contributed by atoms with van der Waals surface area (Å²) in [7, 11) is 0. The first kappa shape index (κ1) is 21.7. The molecule has 6 nitrogen and oxygen atoms in total. The van der Waals surface area contributed by atoms with Crippen LogP contribution in [0.15, 0.2) is 30.3 Å². The Bertz CT molecular complexity index is 1090. The van der Waals surface area contributed by atoms with Crippen molar-refractivity contribution in [3.05, 3.63) is 57.9 Å². The fourth-order valence-electron chi connectivity index (χ4n) is 4.99. The smallest absolute Gasteiger partial charge is 0.126 e. The number of aromatic amines is 1. The Kier molecular flexibility index (Phi) is 6.37. The number of halogens is 1. The molecule has 1 saturated heterocycles. The first-order chi connectivity index (χ1) is 15.6. The fourth-order valence-corrected chi connectivity index (χ4v) is 5.16. The summed E-state index contributed by atoms with van der Waals surface area (Å²) < 4.78 is 5.45. The Hall–Kier alpha value is -2.12. The number of nitrogens with one attached hydrogen (secondary N) is 2. The lowest BCUT2D eigenvalue weighted by atomic mass is 9.98. The van der Waals surface area contributed by atoms with Crippen molar-refractivity contribution in [3.8, 4) is 0 Å². The number of fused-ring (bicyclic) bond motifs is 3. The lowest BCUT2D eigenvalue weighted by Crippen LogP contribution is -2.37. The van der Waals surface area contributed by atoms with Crippen LogP contribution in [-0.4, -0.2) is 65.7 Å². The van der Waals surface area contributed by atoms with E-state index in [1.165, 1.54) is 27.7 Å². The molecule has 1 aromatic carbocycles. The van der Waals surface area contributed by atoms with Gasteiger partial charge in [-0.2, -0.15) is 0 Å². The van der Waals surface area contributed by atoms with Crippen LogP contribution in [0, 0.1) is 6.92 Å². The summed E-state index contributed by atoms with van der Waals surface area (Å²) in [5, 5.41) is 5.60. The van der Waals surface area contributed by atoms with Gasteiger partial charge in [-0.15, -0.1) is 0 Å². The molecule has 0 radical (unpaired) electrons. The first-order valence-corrected chi connectivity index (χ1v) is 12.0. The summed E-state index contributed by atoms with van der Waals surface area (Å²) in [5.74, 6) is 0.957. The summed E-state index contributed by atoms with van der Waals surface area (Å²) in [6.07, 6.45) is 1.05. The number of H-pyrrole nitrogens is 1. The summed E-state index contributed by atoms with van der Waals surface area (Å²) >= 11 is 6.23. The Morgan fingerprint density at radius 3 is 2.84 bits per heavy atom. The fraction of sp³-hybridized carbons (Fsp3) is 0.480. The molecule has 3 aromatic rings. The number of anilines is 1. The van der Waals surface area contributed by atoms with Gasteiger partial charge < -0.3 is 15.0 Å². The van der Waals surface area contributed by atoms with E-state index in [9.17, 15) is 0 Å². The van der Waals surface area contributed by atoms with E-state index in [2.05, 4.69) is 58.2 Å². The van der Waals surface area contributed by atoms with Gasteiger partial charge in [0.25, 0.3) is 0 Å². The molecule has 1 atom stereocenters. The van der Waals surface area contributed by atoms with Gasteiger partial charge in [0, 0.05) is 72.6 Å². The summed E-state index contributed by atoms with van der Waals surface area (Å²) in [6.45, 7) is 11.9. The average Bonchev–Trinajstić information content (AvgIpc) is 3.16. The molecular formula is C25H32ClN5O. The van der Waals surface area contributed by atoms with Crippen molar-refractivity contribution in [2.75, 3.05) is 51.3 Å². The van der Waals surface area contributed by atoms with Crippen molar-refractivity contribution in [1.82, 2.24) is 19.8 Å². The van der Waals surface area contributed by atoms with Crippen LogP contribution in [0.2, 0.25) is 5.02 Å². The molecule has 5 rings (SSSR count). The van der Waals surface area contributed by atoms with Crippen molar-refractivity contribution in [2.45, 2.75) is 32.9 Å². The van der Waals surface area contributed by atoms with E-state index in [1.54, 1.807) is 0 Å². The molecule has 2 aliphatic rings. The van der Waals surface area contributed by atoms with E-state index >= 15 is 0 Å². The number of ether oxygens (including phenoxy) is 1. The van der Waals surface area contributed by atoms with Gasteiger partial charge in [0.05, 0.1) is 13.2 Å². The molecular weight excluding hydrogens is 422 g/mol. The van der Waals surface area contributed by atoms with Crippen molar-refractivity contribution in [3.63, 3.8) is 0 Å². The lowest BCUT2D eigenvalue weighted by Gasteiger charge is -2.33. The molecule has 1 fully saturated rings. The number of morpholine rings is 1. The van der Waals surface area contributed by atoms with Crippen molar-refractivity contribution < 1.29 is 4.74 Å². The quantitative estimate of drug-likeness (QED) is 0.579. The van der Waals surface area contributed by atoms with E-state index in [-0.39, 0.29) is 0 Å². The Morgan fingerprint density at radius 2 is 2.03 bits per heavy atom. The normalized spacial score (nSPS) is 19.9. The van der Waals surface area contributed by atoms with Gasteiger partial charge in [-0.3, -0.25) is 9.80 Å². The number of benzene rings is 1. The minimum atomic E-state index is 0.359. The van der Waals surface area contributed by atoms with Crippen LogP contribution < -0.4 is 5.32 Å². The summed E-state index contributed by atoms with van der Waals surface area (Å²) in [5.41, 5.74) is 6.34. The molecule has 0 aliphatic carbocycles. The number of aryl methyl sites for hydroxylation is 1. The monoisotopic (exact) mass is 453 g/mol. The van der Waals surface area contributed by atoms with Crippen molar-refractivity contribution in [2.24, 2.45) is 0 Å². The van der Waals surface area contributed by atoms with E-state index in [0.29, 0.717) is 6.04 Å². The van der Waals surface area contributed by atoms with Crippen LogP contribution in [0.1, 0.15) is 35.5 Å². The molecule has 1 unspecified atom stereocenters. The van der Waals surface area contributed by atoms with E-state index in [0.717, 1.165) is 75.4 Å². The lowest BCUT2D eigenvalue weighted by molar-refractivity contribution is 0.0340. The molecule has 0 bridgehead atoms. The summed E-state index contributed by atoms with van der Waals surface area (Å²) in [4.78, 5) is 13.4. The van der Waals surface area contributed by atoms with Gasteiger partial charge in [-0.1, -0.05) is 17.7 Å². The number of nitrogens with zero attached hydrogens (tertiary/aromatic N) is 3.